The van der Waals surface area contributed by atoms with Crippen LogP contribution >= 0.6 is 0 Å². The molecule has 3 N–H and O–H groups in total. The van der Waals surface area contributed by atoms with E-state index in [0.717, 1.165) is 23.3 Å². The number of hydrogen-bond donors (Lipinski definition) is 2. The normalized spacial score (nSPS) is 14.7. The van der Waals surface area contributed by atoms with Gasteiger partial charge in [-0.15, -0.1) is 0 Å². The van der Waals surface area contributed by atoms with Gasteiger partial charge in [-0.1, -0.05) is 12.1 Å². The van der Waals surface area contributed by atoms with Gasteiger partial charge in [-0.2, -0.15) is 0 Å². The average Bonchev–Trinajstić information content (AvgIpc) is 2.77. The van der Waals surface area contributed by atoms with E-state index >= 15 is 0 Å². The van der Waals surface area contributed by atoms with Crippen molar-refractivity contribution >= 4 is 11.9 Å². The van der Waals surface area contributed by atoms with Gasteiger partial charge in [-0.05, 0) is 18.1 Å². The van der Waals surface area contributed by atoms with E-state index in [1.807, 2.05) is 12.1 Å². The molecule has 18 heavy (non-hydrogen) atoms. The fourth-order valence-electron chi connectivity index (χ4n) is 2.29. The maximum absolute atomic E-state index is 11.5. The molecule has 1 unspecified atom stereocenters. The number of benzene rings is 1. The van der Waals surface area contributed by atoms with Crippen molar-refractivity contribution in [2.24, 2.45) is 5.73 Å². The van der Waals surface area contributed by atoms with Gasteiger partial charge >= 0.3 is 5.97 Å². The summed E-state index contributed by atoms with van der Waals surface area (Å²) in [5, 5.41) is 8.71. The molecule has 5 heteroatoms. The largest absolute Gasteiger partial charge is 0.493 e. The molecule has 0 fully saturated rings. The van der Waals surface area contributed by atoms with Crippen LogP contribution in [0.3, 0.4) is 0 Å². The third kappa shape index (κ3) is 2.45. The molecular formula is C13H15NO4. The smallest absolute Gasteiger partial charge is 0.303 e. The first-order chi connectivity index (χ1) is 8.59. The van der Waals surface area contributed by atoms with E-state index in [9.17, 15) is 9.59 Å². The predicted octanol–water partition coefficient (Wildman–Crippen LogP) is 1.06. The summed E-state index contributed by atoms with van der Waals surface area (Å²) in [6.45, 7) is 0.594. The number of fused-ring (bicyclic) bond motifs is 1. The van der Waals surface area contributed by atoms with Crippen LogP contribution in [-0.4, -0.2) is 23.6 Å². The second-order valence-electron chi connectivity index (χ2n) is 4.31. The number of nitrogens with two attached hydrogens (primary N) is 1. The lowest BCUT2D eigenvalue weighted by molar-refractivity contribution is -0.137. The molecule has 5 nitrogen and oxygen atoms in total. The first kappa shape index (κ1) is 12.4. The van der Waals surface area contributed by atoms with Crippen molar-refractivity contribution in [1.29, 1.82) is 0 Å². The summed E-state index contributed by atoms with van der Waals surface area (Å²) in [7, 11) is 0. The lowest BCUT2D eigenvalue weighted by atomic mass is 9.89. The van der Waals surface area contributed by atoms with Gasteiger partial charge in [0.1, 0.15) is 5.75 Å². The molecule has 0 spiro atoms. The number of amides is 1. The van der Waals surface area contributed by atoms with Crippen molar-refractivity contribution in [1.82, 2.24) is 0 Å². The van der Waals surface area contributed by atoms with Crippen molar-refractivity contribution in [2.45, 2.75) is 25.2 Å². The summed E-state index contributed by atoms with van der Waals surface area (Å²) in [5.74, 6) is -1.20. The van der Waals surface area contributed by atoms with Crippen LogP contribution in [0.25, 0.3) is 0 Å². The first-order valence-electron chi connectivity index (χ1n) is 5.85. The third-order valence-corrected chi connectivity index (χ3v) is 3.14. The standard InChI is InChI=1S/C13H15NO4/c14-13(17)10(4-5-12(15)16)8-2-1-3-11-9(8)6-7-18-11/h1-3,10H,4-7H2,(H2,14,17)(H,15,16). The highest BCUT2D eigenvalue weighted by Crippen LogP contribution is 2.34. The fourth-order valence-corrected chi connectivity index (χ4v) is 2.29. The van der Waals surface area contributed by atoms with Gasteiger partial charge in [-0.25, -0.2) is 0 Å². The Bertz CT molecular complexity index is 484. The third-order valence-electron chi connectivity index (χ3n) is 3.14. The summed E-state index contributed by atoms with van der Waals surface area (Å²) in [5.41, 5.74) is 7.16. The van der Waals surface area contributed by atoms with Gasteiger partial charge in [0.2, 0.25) is 5.91 Å². The van der Waals surface area contributed by atoms with E-state index in [2.05, 4.69) is 0 Å². The molecule has 1 aliphatic rings. The fraction of sp³-hybridized carbons (Fsp3) is 0.385. The van der Waals surface area contributed by atoms with Crippen molar-refractivity contribution in [3.05, 3.63) is 29.3 Å². The molecule has 1 heterocycles. The summed E-state index contributed by atoms with van der Waals surface area (Å²) in [4.78, 5) is 22.1. The predicted molar refractivity (Wildman–Crippen MR) is 64.4 cm³/mol. The Morgan fingerprint density at radius 1 is 1.44 bits per heavy atom. The van der Waals surface area contributed by atoms with Crippen LogP contribution in [-0.2, 0) is 16.0 Å². The lowest BCUT2D eigenvalue weighted by Crippen LogP contribution is -2.23. The molecule has 0 saturated carbocycles. The molecule has 96 valence electrons. The van der Waals surface area contributed by atoms with Gasteiger partial charge in [0, 0.05) is 18.4 Å². The van der Waals surface area contributed by atoms with E-state index in [0.29, 0.717) is 6.61 Å². The summed E-state index contributed by atoms with van der Waals surface area (Å²) in [6, 6.07) is 5.47. The van der Waals surface area contributed by atoms with Crippen LogP contribution in [0.4, 0.5) is 0 Å². The number of rotatable bonds is 5. The zero-order chi connectivity index (χ0) is 13.1. The molecule has 2 rings (SSSR count). The second kappa shape index (κ2) is 5.08. The number of ether oxygens (including phenoxy) is 1. The van der Waals surface area contributed by atoms with E-state index in [4.69, 9.17) is 15.6 Å². The Balaban J connectivity index is 2.28. The molecule has 0 radical (unpaired) electrons. The Hall–Kier alpha value is -2.04. The van der Waals surface area contributed by atoms with Gasteiger partial charge in [-0.3, -0.25) is 9.59 Å². The van der Waals surface area contributed by atoms with Crippen molar-refractivity contribution in [3.8, 4) is 5.75 Å². The van der Waals surface area contributed by atoms with E-state index < -0.39 is 17.8 Å². The van der Waals surface area contributed by atoms with Gasteiger partial charge in [0.05, 0.1) is 12.5 Å². The highest BCUT2D eigenvalue weighted by atomic mass is 16.5. The summed E-state index contributed by atoms with van der Waals surface area (Å²) < 4.78 is 5.43. The first-order valence-corrected chi connectivity index (χ1v) is 5.85. The summed E-state index contributed by atoms with van der Waals surface area (Å²) >= 11 is 0. The molecule has 1 aromatic rings. The highest BCUT2D eigenvalue weighted by Gasteiger charge is 2.25. The number of primary amides is 1. The quantitative estimate of drug-likeness (QED) is 0.816. The van der Waals surface area contributed by atoms with Crippen molar-refractivity contribution in [3.63, 3.8) is 0 Å². The molecule has 0 aromatic heterocycles. The molecule has 0 aliphatic carbocycles. The Morgan fingerprint density at radius 2 is 2.22 bits per heavy atom. The van der Waals surface area contributed by atoms with Crippen LogP contribution < -0.4 is 10.5 Å². The van der Waals surface area contributed by atoms with Gasteiger partial charge < -0.3 is 15.6 Å². The summed E-state index contributed by atoms with van der Waals surface area (Å²) in [6.07, 6.45) is 0.890. The highest BCUT2D eigenvalue weighted by molar-refractivity contribution is 5.83. The SMILES string of the molecule is NC(=O)C(CCC(=O)O)c1cccc2c1CCO2. The van der Waals surface area contributed by atoms with E-state index in [1.165, 1.54) is 0 Å². The van der Waals surface area contributed by atoms with Gasteiger partial charge in [0.25, 0.3) is 0 Å². The minimum absolute atomic E-state index is 0.0713. The van der Waals surface area contributed by atoms with Crippen LogP contribution in [0.15, 0.2) is 18.2 Å². The van der Waals surface area contributed by atoms with Crippen LogP contribution in [0.1, 0.15) is 29.9 Å². The van der Waals surface area contributed by atoms with Crippen LogP contribution in [0, 0.1) is 0 Å². The number of carboxylic acids is 1. The number of carbonyl (C=O) groups is 2. The Labute approximate surface area is 105 Å². The topological polar surface area (TPSA) is 89.6 Å². The minimum atomic E-state index is -0.926. The number of hydrogen-bond acceptors (Lipinski definition) is 3. The molecule has 1 aromatic carbocycles. The number of carboxylic acid groups (broad SMARTS) is 1. The molecule has 1 amide bonds. The van der Waals surface area contributed by atoms with Crippen LogP contribution in [0.2, 0.25) is 0 Å². The molecular weight excluding hydrogens is 234 g/mol. The minimum Gasteiger partial charge on any atom is -0.493 e. The zero-order valence-corrected chi connectivity index (χ0v) is 9.89. The Morgan fingerprint density at radius 3 is 2.89 bits per heavy atom. The number of aliphatic carboxylic acids is 1. The Kier molecular flexibility index (Phi) is 3.50. The van der Waals surface area contributed by atoms with Gasteiger partial charge in [0.15, 0.2) is 0 Å². The second-order valence-corrected chi connectivity index (χ2v) is 4.31. The molecule has 0 bridgehead atoms. The van der Waals surface area contributed by atoms with E-state index in [-0.39, 0.29) is 12.8 Å². The van der Waals surface area contributed by atoms with E-state index in [1.54, 1.807) is 6.07 Å². The van der Waals surface area contributed by atoms with Crippen LogP contribution in [0.5, 0.6) is 5.75 Å². The average molecular weight is 249 g/mol. The maximum Gasteiger partial charge on any atom is 0.303 e. The number of carbonyl (C=O) groups excluding carboxylic acids is 1. The lowest BCUT2D eigenvalue weighted by Gasteiger charge is -2.15. The molecule has 0 saturated heterocycles. The maximum atomic E-state index is 11.5. The monoisotopic (exact) mass is 249 g/mol. The van der Waals surface area contributed by atoms with Crippen molar-refractivity contribution in [2.75, 3.05) is 6.61 Å². The van der Waals surface area contributed by atoms with Crippen molar-refractivity contribution < 1.29 is 19.4 Å². The zero-order valence-electron chi connectivity index (χ0n) is 9.89. The molecule has 1 atom stereocenters. The molecule has 1 aliphatic heterocycles.